The van der Waals surface area contributed by atoms with E-state index in [4.69, 9.17) is 12.2 Å². The number of H-pyrrole nitrogens is 1. The first-order valence-electron chi connectivity index (χ1n) is 7.02. The number of amides is 1. The molecule has 0 bridgehead atoms. The summed E-state index contributed by atoms with van der Waals surface area (Å²) in [6.45, 7) is 5.11. The number of aromatic amines is 1. The topological polar surface area (TPSA) is 58.1 Å². The number of nitrogens with one attached hydrogen (secondary N) is 1. The zero-order valence-electron chi connectivity index (χ0n) is 12.5. The molecule has 6 heteroatoms. The molecule has 0 radical (unpaired) electrons. The molecule has 21 heavy (non-hydrogen) atoms. The lowest BCUT2D eigenvalue weighted by Gasteiger charge is -2.16. The molecular weight excluding hydrogens is 286 g/mol. The van der Waals surface area contributed by atoms with Crippen molar-refractivity contribution >= 4 is 29.0 Å². The quantitative estimate of drug-likeness (QED) is 0.883. The summed E-state index contributed by atoms with van der Waals surface area (Å²) < 4.78 is 1.88. The molecule has 0 aliphatic heterocycles. The molecule has 0 aliphatic rings. The van der Waals surface area contributed by atoms with E-state index < -0.39 is 0 Å². The minimum atomic E-state index is -0.128. The fourth-order valence-corrected chi connectivity index (χ4v) is 2.65. The van der Waals surface area contributed by atoms with E-state index in [2.05, 4.69) is 4.98 Å². The van der Waals surface area contributed by atoms with Crippen molar-refractivity contribution in [3.63, 3.8) is 0 Å². The van der Waals surface area contributed by atoms with Crippen molar-refractivity contribution in [3.8, 4) is 0 Å². The van der Waals surface area contributed by atoms with Gasteiger partial charge in [0.05, 0.1) is 10.9 Å². The molecule has 0 spiro atoms. The van der Waals surface area contributed by atoms with E-state index in [1.807, 2.05) is 13.8 Å². The molecule has 0 aliphatic carbocycles. The molecule has 0 unspecified atom stereocenters. The summed E-state index contributed by atoms with van der Waals surface area (Å²) in [6.07, 6.45) is 0.902. The van der Waals surface area contributed by atoms with Crippen LogP contribution >= 0.6 is 12.2 Å². The van der Waals surface area contributed by atoms with E-state index in [1.54, 1.807) is 30.1 Å². The van der Waals surface area contributed by atoms with E-state index in [0.29, 0.717) is 34.3 Å². The molecule has 0 fully saturated rings. The Balaban J connectivity index is 2.55. The Kier molecular flexibility index (Phi) is 4.57. The summed E-state index contributed by atoms with van der Waals surface area (Å²) in [5, 5.41) is 0.542. The number of carbonyl (C=O) groups excluding carboxylic acids is 1. The van der Waals surface area contributed by atoms with Crippen LogP contribution in [-0.2, 0) is 6.54 Å². The number of hydrogen-bond donors (Lipinski definition) is 1. The van der Waals surface area contributed by atoms with Gasteiger partial charge in [0.25, 0.3) is 11.5 Å². The van der Waals surface area contributed by atoms with Crippen LogP contribution in [0, 0.1) is 4.77 Å². The highest BCUT2D eigenvalue weighted by Crippen LogP contribution is 2.12. The fraction of sp³-hybridized carbons (Fsp3) is 0.400. The van der Waals surface area contributed by atoms with Crippen LogP contribution in [0.4, 0.5) is 0 Å². The summed E-state index contributed by atoms with van der Waals surface area (Å²) >= 11 is 5.18. The van der Waals surface area contributed by atoms with Gasteiger partial charge in [-0.25, -0.2) is 0 Å². The van der Waals surface area contributed by atoms with Crippen LogP contribution in [0.3, 0.4) is 0 Å². The fourth-order valence-electron chi connectivity index (χ4n) is 2.33. The Morgan fingerprint density at radius 2 is 2.10 bits per heavy atom. The first-order valence-corrected chi connectivity index (χ1v) is 7.42. The number of rotatable bonds is 4. The third kappa shape index (κ3) is 2.90. The summed E-state index contributed by atoms with van der Waals surface area (Å²) in [6, 6.07) is 5.07. The molecule has 1 aromatic carbocycles. The van der Waals surface area contributed by atoms with Gasteiger partial charge in [-0.2, -0.15) is 0 Å². The molecule has 1 aromatic heterocycles. The van der Waals surface area contributed by atoms with E-state index in [9.17, 15) is 9.59 Å². The minimum Gasteiger partial charge on any atom is -0.342 e. The first kappa shape index (κ1) is 15.4. The number of hydrogen-bond acceptors (Lipinski definition) is 3. The first-order chi connectivity index (χ1) is 9.99. The van der Waals surface area contributed by atoms with Gasteiger partial charge in [0.1, 0.15) is 0 Å². The van der Waals surface area contributed by atoms with Crippen LogP contribution in [0.15, 0.2) is 23.0 Å². The van der Waals surface area contributed by atoms with Gasteiger partial charge >= 0.3 is 0 Å². The van der Waals surface area contributed by atoms with E-state index in [0.717, 1.165) is 6.42 Å². The van der Waals surface area contributed by atoms with Gasteiger partial charge in [0.2, 0.25) is 0 Å². The van der Waals surface area contributed by atoms with Crippen LogP contribution in [0.25, 0.3) is 10.9 Å². The zero-order valence-corrected chi connectivity index (χ0v) is 13.3. The summed E-state index contributed by atoms with van der Waals surface area (Å²) in [4.78, 5) is 29.2. The highest BCUT2D eigenvalue weighted by atomic mass is 32.1. The molecule has 0 saturated heterocycles. The maximum absolute atomic E-state index is 12.3. The van der Waals surface area contributed by atoms with Crippen molar-refractivity contribution < 1.29 is 4.79 Å². The molecule has 2 aromatic rings. The number of benzene rings is 1. The summed E-state index contributed by atoms with van der Waals surface area (Å²) in [7, 11) is 1.77. The van der Waals surface area contributed by atoms with Crippen molar-refractivity contribution in [2.75, 3.05) is 13.6 Å². The van der Waals surface area contributed by atoms with Gasteiger partial charge < -0.3 is 9.88 Å². The Morgan fingerprint density at radius 3 is 2.71 bits per heavy atom. The average Bonchev–Trinajstić information content (AvgIpc) is 2.46. The summed E-state index contributed by atoms with van der Waals surface area (Å²) in [5.41, 5.74) is 1.03. The smallest absolute Gasteiger partial charge is 0.262 e. The lowest BCUT2D eigenvalue weighted by atomic mass is 10.1. The van der Waals surface area contributed by atoms with Crippen molar-refractivity contribution in [1.82, 2.24) is 14.5 Å². The van der Waals surface area contributed by atoms with Gasteiger partial charge in [-0.15, -0.1) is 0 Å². The van der Waals surface area contributed by atoms with Crippen LogP contribution in [-0.4, -0.2) is 34.0 Å². The minimum absolute atomic E-state index is 0.0576. The lowest BCUT2D eigenvalue weighted by Crippen LogP contribution is -2.27. The molecular formula is C15H19N3O2S. The van der Waals surface area contributed by atoms with Crippen LogP contribution in [0.2, 0.25) is 0 Å². The van der Waals surface area contributed by atoms with Crippen molar-refractivity contribution in [3.05, 3.63) is 38.9 Å². The molecule has 1 amide bonds. The molecule has 2 rings (SSSR count). The lowest BCUT2D eigenvalue weighted by molar-refractivity contribution is 0.0795. The molecule has 1 heterocycles. The van der Waals surface area contributed by atoms with Crippen LogP contribution in [0.1, 0.15) is 30.6 Å². The molecule has 1 N–H and O–H groups in total. The Morgan fingerprint density at radius 1 is 1.38 bits per heavy atom. The third-order valence-corrected chi connectivity index (χ3v) is 3.77. The standard InChI is InChI=1S/C15H19N3O2S/c1-4-8-17(3)13(19)10-6-7-11-12(9-10)16-15(21)18(5-2)14(11)20/h6-7,9H,4-5,8H2,1-3H3,(H,16,21). The number of nitrogens with zero attached hydrogens (tertiary/aromatic N) is 2. The molecule has 112 valence electrons. The maximum atomic E-state index is 12.3. The van der Waals surface area contributed by atoms with Gasteiger partial charge in [0, 0.05) is 25.7 Å². The highest BCUT2D eigenvalue weighted by Gasteiger charge is 2.13. The molecule has 0 saturated carbocycles. The largest absolute Gasteiger partial charge is 0.342 e. The highest BCUT2D eigenvalue weighted by molar-refractivity contribution is 7.71. The van der Waals surface area contributed by atoms with E-state index >= 15 is 0 Å². The Hall–Kier alpha value is -1.95. The molecule has 5 nitrogen and oxygen atoms in total. The number of aromatic nitrogens is 2. The van der Waals surface area contributed by atoms with E-state index in [1.165, 1.54) is 4.57 Å². The monoisotopic (exact) mass is 305 g/mol. The Labute approximate surface area is 128 Å². The van der Waals surface area contributed by atoms with Crippen molar-refractivity contribution in [2.45, 2.75) is 26.8 Å². The second kappa shape index (κ2) is 6.22. The zero-order chi connectivity index (χ0) is 15.6. The van der Waals surface area contributed by atoms with Gasteiger partial charge in [-0.05, 0) is 43.8 Å². The van der Waals surface area contributed by atoms with Crippen molar-refractivity contribution in [2.24, 2.45) is 0 Å². The van der Waals surface area contributed by atoms with Crippen LogP contribution < -0.4 is 5.56 Å². The third-order valence-electron chi connectivity index (χ3n) is 3.45. The second-order valence-electron chi connectivity index (χ2n) is 4.97. The van der Waals surface area contributed by atoms with Gasteiger partial charge in [-0.1, -0.05) is 6.92 Å². The number of carbonyl (C=O) groups is 1. The van der Waals surface area contributed by atoms with E-state index in [-0.39, 0.29) is 11.5 Å². The second-order valence-corrected chi connectivity index (χ2v) is 5.35. The van der Waals surface area contributed by atoms with Crippen molar-refractivity contribution in [1.29, 1.82) is 0 Å². The average molecular weight is 305 g/mol. The Bertz CT molecular complexity index is 792. The van der Waals surface area contributed by atoms with Gasteiger partial charge in [-0.3, -0.25) is 14.2 Å². The van der Waals surface area contributed by atoms with Gasteiger partial charge in [0.15, 0.2) is 4.77 Å². The normalized spacial score (nSPS) is 10.8. The maximum Gasteiger partial charge on any atom is 0.262 e. The number of fused-ring (bicyclic) bond motifs is 1. The predicted octanol–water partition coefficient (Wildman–Crippen LogP) is 2.56. The summed E-state index contributed by atoms with van der Waals surface area (Å²) in [5.74, 6) is -0.0576. The SMILES string of the molecule is CCCN(C)C(=O)c1ccc2c(=O)n(CC)c(=S)[nH]c2c1. The predicted molar refractivity (Wildman–Crippen MR) is 86.3 cm³/mol. The van der Waals surface area contributed by atoms with Crippen LogP contribution in [0.5, 0.6) is 0 Å². The molecule has 0 atom stereocenters.